The Balaban J connectivity index is 1.03. The van der Waals surface area contributed by atoms with E-state index in [1.54, 1.807) is 17.7 Å². The third-order valence-corrected chi connectivity index (χ3v) is 7.47. The molecule has 3 aromatic rings. The van der Waals surface area contributed by atoms with Crippen LogP contribution in [0.15, 0.2) is 42.0 Å². The molecule has 5 heterocycles. The first-order valence-corrected chi connectivity index (χ1v) is 13.2. The molecule has 0 saturated carbocycles. The monoisotopic (exact) mass is 493 g/mol. The normalized spacial score (nSPS) is 16.8. The predicted molar refractivity (Wildman–Crippen MR) is 137 cm³/mol. The minimum Gasteiger partial charge on any atom is -0.476 e. The highest BCUT2D eigenvalue weighted by Crippen LogP contribution is 2.25. The SMILES string of the molecule is O=C(NCCOc1cc(N2CCCCC2)ncn1)C1CCN(c2ccc(-c3cccs3)nn2)CC1. The smallest absolute Gasteiger partial charge is 0.223 e. The minimum absolute atomic E-state index is 0.00866. The van der Waals surface area contributed by atoms with Crippen LogP contribution in [-0.2, 0) is 4.79 Å². The maximum atomic E-state index is 12.6. The van der Waals surface area contributed by atoms with Crippen LogP contribution in [0.5, 0.6) is 5.88 Å². The number of carbonyl (C=O) groups is 1. The first-order chi connectivity index (χ1) is 17.3. The molecule has 2 aliphatic rings. The summed E-state index contributed by atoms with van der Waals surface area (Å²) < 4.78 is 5.77. The Morgan fingerprint density at radius 2 is 1.83 bits per heavy atom. The number of thiophene rings is 1. The summed E-state index contributed by atoms with van der Waals surface area (Å²) in [5.74, 6) is 2.43. The predicted octanol–water partition coefficient (Wildman–Crippen LogP) is 3.40. The van der Waals surface area contributed by atoms with Crippen LogP contribution in [0, 0.1) is 5.92 Å². The average molecular weight is 494 g/mol. The van der Waals surface area contributed by atoms with E-state index in [9.17, 15) is 4.79 Å². The number of nitrogens with zero attached hydrogens (tertiary/aromatic N) is 6. The summed E-state index contributed by atoms with van der Waals surface area (Å²) in [5, 5.41) is 13.8. The van der Waals surface area contributed by atoms with Crippen molar-refractivity contribution in [2.24, 2.45) is 5.92 Å². The Morgan fingerprint density at radius 1 is 1.00 bits per heavy atom. The second kappa shape index (κ2) is 11.4. The maximum absolute atomic E-state index is 12.6. The standard InChI is InChI=1S/C25H31N7O2S/c33-25(26-10-15-34-24-17-23(27-18-28-24)31-11-2-1-3-12-31)19-8-13-32(14-9-19)22-7-6-20(29-30-22)21-5-4-16-35-21/h4-7,16-19H,1-3,8-15H2,(H,26,33). The zero-order chi connectivity index (χ0) is 23.9. The van der Waals surface area contributed by atoms with Crippen molar-refractivity contribution in [1.82, 2.24) is 25.5 Å². The van der Waals surface area contributed by atoms with Gasteiger partial charge in [0.2, 0.25) is 11.8 Å². The van der Waals surface area contributed by atoms with Crippen molar-refractivity contribution in [2.45, 2.75) is 32.1 Å². The van der Waals surface area contributed by atoms with E-state index in [2.05, 4.69) is 35.3 Å². The van der Waals surface area contributed by atoms with E-state index in [4.69, 9.17) is 4.74 Å². The van der Waals surface area contributed by atoms with Crippen LogP contribution in [-0.4, -0.2) is 65.4 Å². The Bertz CT molecular complexity index is 1080. The first-order valence-electron chi connectivity index (χ1n) is 12.4. The Hall–Kier alpha value is -3.27. The number of hydrogen-bond acceptors (Lipinski definition) is 9. The van der Waals surface area contributed by atoms with Gasteiger partial charge in [-0.15, -0.1) is 21.5 Å². The molecule has 3 aromatic heterocycles. The molecule has 0 aliphatic carbocycles. The minimum atomic E-state index is 0.00866. The van der Waals surface area contributed by atoms with Crippen molar-refractivity contribution in [3.05, 3.63) is 42.0 Å². The van der Waals surface area contributed by atoms with Crippen LogP contribution in [0.2, 0.25) is 0 Å². The van der Waals surface area contributed by atoms with Gasteiger partial charge in [-0.25, -0.2) is 9.97 Å². The van der Waals surface area contributed by atoms with Crippen molar-refractivity contribution >= 4 is 28.9 Å². The number of aromatic nitrogens is 4. The molecule has 2 saturated heterocycles. The fourth-order valence-electron chi connectivity index (χ4n) is 4.60. The molecule has 0 unspecified atom stereocenters. The van der Waals surface area contributed by atoms with Gasteiger partial charge in [0, 0.05) is 38.2 Å². The fourth-order valence-corrected chi connectivity index (χ4v) is 5.29. The molecule has 0 radical (unpaired) electrons. The lowest BCUT2D eigenvalue weighted by Crippen LogP contribution is -2.41. The van der Waals surface area contributed by atoms with Crippen LogP contribution in [0.4, 0.5) is 11.6 Å². The van der Waals surface area contributed by atoms with Crippen molar-refractivity contribution in [2.75, 3.05) is 49.1 Å². The van der Waals surface area contributed by atoms with E-state index in [1.807, 2.05) is 35.7 Å². The molecule has 5 rings (SSSR count). The molecular formula is C25H31N7O2S. The van der Waals surface area contributed by atoms with Crippen LogP contribution < -0.4 is 19.9 Å². The lowest BCUT2D eigenvalue weighted by atomic mass is 9.96. The van der Waals surface area contributed by atoms with Gasteiger partial charge in [-0.05, 0) is 55.7 Å². The van der Waals surface area contributed by atoms with Gasteiger partial charge in [-0.3, -0.25) is 4.79 Å². The molecule has 0 spiro atoms. The largest absolute Gasteiger partial charge is 0.476 e. The highest BCUT2D eigenvalue weighted by atomic mass is 32.1. The molecule has 10 heteroatoms. The van der Waals surface area contributed by atoms with Crippen LogP contribution in [0.3, 0.4) is 0 Å². The number of piperidine rings is 2. The van der Waals surface area contributed by atoms with Gasteiger partial charge in [0.15, 0.2) is 5.82 Å². The third-order valence-electron chi connectivity index (χ3n) is 6.57. The molecule has 2 aliphatic heterocycles. The summed E-state index contributed by atoms with van der Waals surface area (Å²) in [5.41, 5.74) is 0.893. The zero-order valence-electron chi connectivity index (χ0n) is 19.8. The molecular weight excluding hydrogens is 462 g/mol. The summed E-state index contributed by atoms with van der Waals surface area (Å²) in [6.45, 7) is 4.48. The molecule has 1 N–H and O–H groups in total. The molecule has 35 heavy (non-hydrogen) atoms. The van der Waals surface area contributed by atoms with Gasteiger partial charge < -0.3 is 19.9 Å². The van der Waals surface area contributed by atoms with Gasteiger partial charge in [0.25, 0.3) is 0 Å². The van der Waals surface area contributed by atoms with Crippen molar-refractivity contribution in [3.63, 3.8) is 0 Å². The average Bonchev–Trinajstić information content (AvgIpc) is 3.47. The number of hydrogen-bond donors (Lipinski definition) is 1. The van der Waals surface area contributed by atoms with E-state index in [0.29, 0.717) is 19.0 Å². The summed E-state index contributed by atoms with van der Waals surface area (Å²) in [6.07, 6.45) is 6.81. The quantitative estimate of drug-likeness (QED) is 0.477. The van der Waals surface area contributed by atoms with Crippen LogP contribution in [0.25, 0.3) is 10.6 Å². The Morgan fingerprint density at radius 3 is 2.57 bits per heavy atom. The Kier molecular flexibility index (Phi) is 7.67. The summed E-state index contributed by atoms with van der Waals surface area (Å²) in [7, 11) is 0. The summed E-state index contributed by atoms with van der Waals surface area (Å²) in [4.78, 5) is 26.8. The highest BCUT2D eigenvalue weighted by Gasteiger charge is 2.25. The number of ether oxygens (including phenoxy) is 1. The molecule has 1 amide bonds. The molecule has 0 aromatic carbocycles. The zero-order valence-corrected chi connectivity index (χ0v) is 20.6. The third kappa shape index (κ3) is 6.05. The summed E-state index contributed by atoms with van der Waals surface area (Å²) in [6, 6.07) is 9.98. The van der Waals surface area contributed by atoms with Crippen molar-refractivity contribution in [3.8, 4) is 16.5 Å². The van der Waals surface area contributed by atoms with E-state index in [0.717, 1.165) is 61.2 Å². The first kappa shape index (κ1) is 23.5. The number of nitrogens with one attached hydrogen (secondary N) is 1. The van der Waals surface area contributed by atoms with Crippen LogP contribution >= 0.6 is 11.3 Å². The van der Waals surface area contributed by atoms with Crippen LogP contribution in [0.1, 0.15) is 32.1 Å². The van der Waals surface area contributed by atoms with Gasteiger partial charge in [-0.1, -0.05) is 6.07 Å². The Labute approximate surface area is 209 Å². The lowest BCUT2D eigenvalue weighted by Gasteiger charge is -2.31. The van der Waals surface area contributed by atoms with Crippen molar-refractivity contribution < 1.29 is 9.53 Å². The van der Waals surface area contributed by atoms with Gasteiger partial charge >= 0.3 is 0 Å². The number of carbonyl (C=O) groups excluding carboxylic acids is 1. The number of anilines is 2. The maximum Gasteiger partial charge on any atom is 0.223 e. The molecule has 0 bridgehead atoms. The van der Waals surface area contributed by atoms with E-state index >= 15 is 0 Å². The second-order valence-electron chi connectivity index (χ2n) is 8.92. The molecule has 0 atom stereocenters. The topological polar surface area (TPSA) is 96.4 Å². The van der Waals surface area contributed by atoms with Gasteiger partial charge in [0.1, 0.15) is 24.4 Å². The summed E-state index contributed by atoms with van der Waals surface area (Å²) >= 11 is 1.66. The number of amides is 1. The molecule has 9 nitrogen and oxygen atoms in total. The van der Waals surface area contributed by atoms with Crippen molar-refractivity contribution in [1.29, 1.82) is 0 Å². The second-order valence-corrected chi connectivity index (χ2v) is 9.86. The van der Waals surface area contributed by atoms with E-state index < -0.39 is 0 Å². The molecule has 184 valence electrons. The van der Waals surface area contributed by atoms with E-state index in [-0.39, 0.29) is 11.8 Å². The number of rotatable bonds is 8. The van der Waals surface area contributed by atoms with E-state index in [1.165, 1.54) is 19.3 Å². The molecule has 2 fully saturated rings. The fraction of sp³-hybridized carbons (Fsp3) is 0.480. The van der Waals surface area contributed by atoms with Gasteiger partial charge in [0.05, 0.1) is 11.4 Å². The van der Waals surface area contributed by atoms with Gasteiger partial charge in [-0.2, -0.15) is 0 Å². The lowest BCUT2D eigenvalue weighted by molar-refractivity contribution is -0.125. The highest BCUT2D eigenvalue weighted by molar-refractivity contribution is 7.13.